The molecule has 2 aliphatic carbocycles. The third-order valence-electron chi connectivity index (χ3n) is 7.70. The Labute approximate surface area is 223 Å². The molecule has 0 atom stereocenters. The zero-order valence-corrected chi connectivity index (χ0v) is 22.5. The Balaban J connectivity index is 1.33. The van der Waals surface area contributed by atoms with Crippen molar-refractivity contribution in [3.63, 3.8) is 0 Å². The quantitative estimate of drug-likeness (QED) is 0.394. The van der Waals surface area contributed by atoms with E-state index in [4.69, 9.17) is 9.47 Å². The van der Waals surface area contributed by atoms with Gasteiger partial charge in [-0.15, -0.1) is 0 Å². The van der Waals surface area contributed by atoms with Crippen LogP contribution in [0.4, 0.5) is 0 Å². The van der Waals surface area contributed by atoms with Crippen molar-refractivity contribution in [1.82, 2.24) is 14.5 Å². The van der Waals surface area contributed by atoms with Crippen LogP contribution in [0.1, 0.15) is 78.2 Å². The third-order valence-corrected chi connectivity index (χ3v) is 9.27. The summed E-state index contributed by atoms with van der Waals surface area (Å²) in [4.78, 5) is 20.0. The Bertz CT molecular complexity index is 1450. The van der Waals surface area contributed by atoms with E-state index in [0.717, 1.165) is 61.8 Å². The fourth-order valence-corrected chi connectivity index (χ4v) is 7.19. The summed E-state index contributed by atoms with van der Waals surface area (Å²) in [6.07, 6.45) is 8.64. The highest BCUT2D eigenvalue weighted by Crippen LogP contribution is 2.37. The molecule has 0 saturated heterocycles. The van der Waals surface area contributed by atoms with E-state index in [0.29, 0.717) is 23.6 Å². The van der Waals surface area contributed by atoms with Crippen LogP contribution >= 0.6 is 0 Å². The molecule has 6 rings (SSSR count). The van der Waals surface area contributed by atoms with Crippen molar-refractivity contribution in [2.45, 2.75) is 81.4 Å². The number of imidazole rings is 1. The number of hydrogen-bond donors (Lipinski definition) is 0. The van der Waals surface area contributed by atoms with Crippen molar-refractivity contribution in [3.05, 3.63) is 71.0 Å². The first-order chi connectivity index (χ1) is 18.4. The number of carbonyl (C=O) groups is 1. The molecule has 0 radical (unpaired) electrons. The maximum atomic E-state index is 13.7. The number of sulfone groups is 1. The molecule has 0 N–H and O–H groups in total. The van der Waals surface area contributed by atoms with Crippen molar-refractivity contribution < 1.29 is 22.7 Å². The highest BCUT2D eigenvalue weighted by Gasteiger charge is 2.36. The van der Waals surface area contributed by atoms with E-state index in [1.807, 2.05) is 40.7 Å². The van der Waals surface area contributed by atoms with Gasteiger partial charge in [-0.25, -0.2) is 13.4 Å². The highest BCUT2D eigenvalue weighted by molar-refractivity contribution is 7.90. The van der Waals surface area contributed by atoms with Crippen LogP contribution in [0.3, 0.4) is 0 Å². The Morgan fingerprint density at radius 2 is 1.82 bits per heavy atom. The summed E-state index contributed by atoms with van der Waals surface area (Å²) < 4.78 is 40.2. The number of nitrogens with zero attached hydrogens (tertiary/aromatic N) is 3. The first-order valence-electron chi connectivity index (χ1n) is 13.4. The van der Waals surface area contributed by atoms with Gasteiger partial charge in [-0.1, -0.05) is 49.1 Å². The van der Waals surface area contributed by atoms with Crippen molar-refractivity contribution in [2.75, 3.05) is 6.79 Å². The average molecular weight is 536 g/mol. The van der Waals surface area contributed by atoms with Gasteiger partial charge in [0.1, 0.15) is 0 Å². The lowest BCUT2D eigenvalue weighted by molar-refractivity contribution is 0.0723. The molecule has 2 saturated carbocycles. The molecule has 2 aromatic carbocycles. The molecule has 0 spiro atoms. The van der Waals surface area contributed by atoms with Crippen molar-refractivity contribution in [2.24, 2.45) is 0 Å². The molecule has 3 aliphatic rings. The Morgan fingerprint density at radius 1 is 1.03 bits per heavy atom. The van der Waals surface area contributed by atoms with Crippen LogP contribution in [-0.2, 0) is 22.1 Å². The summed E-state index contributed by atoms with van der Waals surface area (Å²) in [5.41, 5.74) is 3.09. The van der Waals surface area contributed by atoms with Gasteiger partial charge in [-0.3, -0.25) is 4.79 Å². The third kappa shape index (κ3) is 5.04. The summed E-state index contributed by atoms with van der Waals surface area (Å²) in [7, 11) is -3.69. The van der Waals surface area contributed by atoms with Gasteiger partial charge in [0.05, 0.1) is 24.2 Å². The lowest BCUT2D eigenvalue weighted by atomic mass is 9.95. The van der Waals surface area contributed by atoms with Crippen LogP contribution < -0.4 is 9.47 Å². The first-order valence-corrected chi connectivity index (χ1v) is 15.1. The number of benzene rings is 2. The monoisotopic (exact) mass is 535 g/mol. The fraction of sp³-hybridized carbons (Fsp3) is 0.448. The minimum atomic E-state index is -3.69. The maximum Gasteiger partial charge on any atom is 0.254 e. The molecule has 0 unspecified atom stereocenters. The fourth-order valence-electron chi connectivity index (χ4n) is 5.66. The predicted molar refractivity (Wildman–Crippen MR) is 142 cm³/mol. The standard InChI is InChI=1S/C29H33N3O5S/c1-20-6-5-7-21(14-20)18-38(34,35)29-30-16-25(32(29)24-8-3-2-4-9-24)17-31(23-11-12-23)28(33)22-10-13-26-27(15-22)37-19-36-26/h5-7,10,13-16,23-24H,2-4,8-9,11-12,17-19H2,1H3. The normalized spacial score (nSPS) is 17.5. The van der Waals surface area contributed by atoms with Crippen molar-refractivity contribution >= 4 is 15.7 Å². The second-order valence-electron chi connectivity index (χ2n) is 10.7. The van der Waals surface area contributed by atoms with E-state index >= 15 is 0 Å². The summed E-state index contributed by atoms with van der Waals surface area (Å²) in [5.74, 6) is 1.02. The molecular formula is C29H33N3O5S. The first kappa shape index (κ1) is 25.0. The number of aromatic nitrogens is 2. The van der Waals surface area contributed by atoms with Crippen LogP contribution in [0.2, 0.25) is 0 Å². The minimum absolute atomic E-state index is 0.0604. The van der Waals surface area contributed by atoms with Gasteiger partial charge in [-0.2, -0.15) is 0 Å². The topological polar surface area (TPSA) is 90.7 Å². The van der Waals surface area contributed by atoms with Crippen LogP contribution in [0, 0.1) is 6.92 Å². The van der Waals surface area contributed by atoms with E-state index in [1.54, 1.807) is 24.4 Å². The van der Waals surface area contributed by atoms with Gasteiger partial charge in [0.15, 0.2) is 11.5 Å². The zero-order valence-electron chi connectivity index (χ0n) is 21.6. The molecule has 0 bridgehead atoms. The number of fused-ring (bicyclic) bond motifs is 1. The molecule has 8 nitrogen and oxygen atoms in total. The van der Waals surface area contributed by atoms with Gasteiger partial charge in [0.2, 0.25) is 21.8 Å². The van der Waals surface area contributed by atoms with Gasteiger partial charge in [0, 0.05) is 17.6 Å². The van der Waals surface area contributed by atoms with E-state index in [9.17, 15) is 13.2 Å². The summed E-state index contributed by atoms with van der Waals surface area (Å²) in [5, 5.41) is 0.118. The Kier molecular flexibility index (Phi) is 6.63. The van der Waals surface area contributed by atoms with E-state index in [-0.39, 0.29) is 35.7 Å². The predicted octanol–water partition coefficient (Wildman–Crippen LogP) is 5.20. The SMILES string of the molecule is Cc1cccc(CS(=O)(=O)c2ncc(CN(C(=O)c3ccc4c(c3)OCO4)C3CC3)n2C2CCCCC2)c1. The maximum absolute atomic E-state index is 13.7. The van der Waals surface area contributed by atoms with Gasteiger partial charge in [0.25, 0.3) is 5.91 Å². The molecule has 1 aromatic heterocycles. The summed E-state index contributed by atoms with van der Waals surface area (Å²) >= 11 is 0. The van der Waals surface area contributed by atoms with Crippen molar-refractivity contribution in [3.8, 4) is 11.5 Å². The molecule has 9 heteroatoms. The molecule has 1 amide bonds. The largest absolute Gasteiger partial charge is 0.454 e. The summed E-state index contributed by atoms with van der Waals surface area (Å²) in [6, 6.07) is 13.1. The second kappa shape index (κ2) is 10.1. The van der Waals surface area contributed by atoms with Crippen molar-refractivity contribution in [1.29, 1.82) is 0 Å². The van der Waals surface area contributed by atoms with Crippen LogP contribution in [-0.4, -0.2) is 41.6 Å². The molecular weight excluding hydrogens is 502 g/mol. The van der Waals surface area contributed by atoms with E-state index in [1.165, 1.54) is 0 Å². The second-order valence-corrected chi connectivity index (χ2v) is 12.6. The van der Waals surface area contributed by atoms with Gasteiger partial charge >= 0.3 is 0 Å². The Hall–Kier alpha value is -3.33. The van der Waals surface area contributed by atoms with Crippen LogP contribution in [0.5, 0.6) is 11.5 Å². The number of ether oxygens (including phenoxy) is 2. The van der Waals surface area contributed by atoms with Gasteiger partial charge < -0.3 is 18.9 Å². The lowest BCUT2D eigenvalue weighted by Gasteiger charge is -2.29. The Morgan fingerprint density at radius 3 is 2.58 bits per heavy atom. The zero-order chi connectivity index (χ0) is 26.3. The minimum Gasteiger partial charge on any atom is -0.454 e. The number of carbonyl (C=O) groups excluding carboxylic acids is 1. The van der Waals surface area contributed by atoms with Crippen LogP contribution in [0.15, 0.2) is 53.8 Å². The number of hydrogen-bond acceptors (Lipinski definition) is 6. The smallest absolute Gasteiger partial charge is 0.254 e. The molecule has 2 fully saturated rings. The molecule has 200 valence electrons. The molecule has 1 aliphatic heterocycles. The average Bonchev–Trinajstić information content (AvgIpc) is 3.47. The van der Waals surface area contributed by atoms with E-state index < -0.39 is 9.84 Å². The van der Waals surface area contributed by atoms with Gasteiger partial charge in [-0.05, 0) is 56.4 Å². The van der Waals surface area contributed by atoms with E-state index in [2.05, 4.69) is 4.98 Å². The number of amides is 1. The molecule has 2 heterocycles. The highest BCUT2D eigenvalue weighted by atomic mass is 32.2. The molecule has 38 heavy (non-hydrogen) atoms. The molecule has 3 aromatic rings. The number of rotatable bonds is 8. The summed E-state index contributed by atoms with van der Waals surface area (Å²) in [6.45, 7) is 2.43. The number of aryl methyl sites for hydroxylation is 1. The lowest BCUT2D eigenvalue weighted by Crippen LogP contribution is -2.34. The van der Waals surface area contributed by atoms with Crippen LogP contribution in [0.25, 0.3) is 0 Å².